The summed E-state index contributed by atoms with van der Waals surface area (Å²) in [6.45, 7) is 0. The Kier molecular flexibility index (Phi) is 3.80. The summed E-state index contributed by atoms with van der Waals surface area (Å²) in [4.78, 5) is 40.8. The first kappa shape index (κ1) is 14.8. The Morgan fingerprint density at radius 2 is 1.87 bits per heavy atom. The van der Waals surface area contributed by atoms with Gasteiger partial charge in [-0.2, -0.15) is 0 Å². The number of nitrogens with zero attached hydrogens (tertiary/aromatic N) is 2. The minimum absolute atomic E-state index is 0.0776. The second-order valence-corrected chi connectivity index (χ2v) is 4.75. The van der Waals surface area contributed by atoms with E-state index in [9.17, 15) is 14.4 Å². The first-order chi connectivity index (χ1) is 11.1. The topological polar surface area (TPSA) is 98.9 Å². The molecule has 118 valence electrons. The van der Waals surface area contributed by atoms with Crippen molar-refractivity contribution >= 4 is 17.8 Å². The van der Waals surface area contributed by atoms with Crippen molar-refractivity contribution in [1.82, 2.24) is 10.2 Å². The van der Waals surface area contributed by atoms with Crippen LogP contribution in [0.15, 0.2) is 34.9 Å². The Hall–Kier alpha value is -3.16. The SMILES string of the molecule is COc1cc(CCC(=O)ON2C(=O)c3ccccc3C2=O)on1. The molecule has 0 unspecified atom stereocenters. The van der Waals surface area contributed by atoms with Crippen LogP contribution in [-0.4, -0.2) is 35.1 Å². The molecule has 1 aromatic heterocycles. The molecule has 1 aliphatic heterocycles. The van der Waals surface area contributed by atoms with E-state index in [0.717, 1.165) is 0 Å². The Morgan fingerprint density at radius 1 is 1.22 bits per heavy atom. The van der Waals surface area contributed by atoms with Gasteiger partial charge < -0.3 is 14.1 Å². The Labute approximate surface area is 130 Å². The minimum Gasteiger partial charge on any atom is -0.479 e. The lowest BCUT2D eigenvalue weighted by Gasteiger charge is -2.12. The number of carbonyl (C=O) groups excluding carboxylic acids is 3. The highest BCUT2D eigenvalue weighted by atomic mass is 16.7. The quantitative estimate of drug-likeness (QED) is 0.768. The van der Waals surface area contributed by atoms with Crippen molar-refractivity contribution in [3.8, 4) is 5.88 Å². The molecule has 23 heavy (non-hydrogen) atoms. The third kappa shape index (κ3) is 2.78. The van der Waals surface area contributed by atoms with Crippen LogP contribution < -0.4 is 4.74 Å². The van der Waals surface area contributed by atoms with E-state index >= 15 is 0 Å². The van der Waals surface area contributed by atoms with Crippen molar-refractivity contribution in [2.45, 2.75) is 12.8 Å². The molecule has 0 aliphatic carbocycles. The first-order valence-corrected chi connectivity index (χ1v) is 6.78. The van der Waals surface area contributed by atoms with Crippen LogP contribution in [0, 0.1) is 0 Å². The number of aryl methyl sites for hydroxylation is 1. The molecule has 8 heteroatoms. The van der Waals surface area contributed by atoms with Gasteiger partial charge in [-0.3, -0.25) is 9.59 Å². The molecule has 0 atom stereocenters. The van der Waals surface area contributed by atoms with E-state index in [1.165, 1.54) is 25.3 Å². The molecule has 0 bridgehead atoms. The first-order valence-electron chi connectivity index (χ1n) is 6.78. The van der Waals surface area contributed by atoms with Crippen LogP contribution in [0.3, 0.4) is 0 Å². The predicted molar refractivity (Wildman–Crippen MR) is 74.4 cm³/mol. The van der Waals surface area contributed by atoms with E-state index < -0.39 is 17.8 Å². The van der Waals surface area contributed by atoms with E-state index in [2.05, 4.69) is 5.16 Å². The van der Waals surface area contributed by atoms with Crippen LogP contribution in [-0.2, 0) is 16.1 Å². The van der Waals surface area contributed by atoms with Crippen molar-refractivity contribution in [2.24, 2.45) is 0 Å². The number of benzene rings is 1. The standard InChI is InChI=1S/C15H12N2O6/c1-21-12-8-9(22-16-12)6-7-13(18)23-17-14(19)10-4-2-3-5-11(10)15(17)20/h2-5,8H,6-7H2,1H3. The smallest absolute Gasteiger partial charge is 0.333 e. The summed E-state index contributed by atoms with van der Waals surface area (Å²) in [5, 5.41) is 4.08. The maximum absolute atomic E-state index is 12.0. The van der Waals surface area contributed by atoms with Gasteiger partial charge in [0.05, 0.1) is 24.7 Å². The largest absolute Gasteiger partial charge is 0.479 e. The lowest BCUT2D eigenvalue weighted by Crippen LogP contribution is -2.32. The second-order valence-electron chi connectivity index (χ2n) is 4.75. The minimum atomic E-state index is -0.727. The number of fused-ring (bicyclic) bond motifs is 1. The average molecular weight is 316 g/mol. The molecular formula is C15H12N2O6. The summed E-state index contributed by atoms with van der Waals surface area (Å²) in [6.07, 6.45) is 0.129. The van der Waals surface area contributed by atoms with Gasteiger partial charge in [0.2, 0.25) is 0 Å². The van der Waals surface area contributed by atoms with Crippen molar-refractivity contribution in [1.29, 1.82) is 0 Å². The molecule has 2 heterocycles. The van der Waals surface area contributed by atoms with Crippen molar-refractivity contribution in [3.63, 3.8) is 0 Å². The van der Waals surface area contributed by atoms with Crippen LogP contribution in [0.2, 0.25) is 0 Å². The second kappa shape index (κ2) is 5.91. The summed E-state index contributed by atoms with van der Waals surface area (Å²) >= 11 is 0. The highest BCUT2D eigenvalue weighted by Crippen LogP contribution is 2.23. The number of rotatable bonds is 5. The number of ether oxygens (including phenoxy) is 1. The zero-order valence-corrected chi connectivity index (χ0v) is 12.1. The van der Waals surface area contributed by atoms with Crippen LogP contribution in [0.1, 0.15) is 32.9 Å². The van der Waals surface area contributed by atoms with Crippen molar-refractivity contribution < 1.29 is 28.5 Å². The molecule has 0 radical (unpaired) electrons. The molecule has 0 saturated heterocycles. The number of hydroxylamine groups is 2. The van der Waals surface area contributed by atoms with Gasteiger partial charge in [0, 0.05) is 12.5 Å². The summed E-state index contributed by atoms with van der Waals surface area (Å²) in [5.41, 5.74) is 0.426. The Bertz CT molecular complexity index is 747. The zero-order valence-electron chi connectivity index (χ0n) is 12.1. The molecule has 0 saturated carbocycles. The van der Waals surface area contributed by atoms with Gasteiger partial charge in [-0.15, -0.1) is 0 Å². The number of aromatic nitrogens is 1. The van der Waals surface area contributed by atoms with E-state index in [1.807, 2.05) is 0 Å². The van der Waals surface area contributed by atoms with Crippen LogP contribution >= 0.6 is 0 Å². The number of carbonyl (C=O) groups is 3. The fourth-order valence-electron chi connectivity index (χ4n) is 2.13. The molecule has 0 N–H and O–H groups in total. The number of hydrogen-bond acceptors (Lipinski definition) is 7. The third-order valence-corrected chi connectivity index (χ3v) is 3.27. The van der Waals surface area contributed by atoms with Crippen LogP contribution in [0.25, 0.3) is 0 Å². The molecule has 0 fully saturated rings. The molecular weight excluding hydrogens is 304 g/mol. The fourth-order valence-corrected chi connectivity index (χ4v) is 2.13. The average Bonchev–Trinajstić information content (AvgIpc) is 3.12. The molecule has 3 rings (SSSR count). The van der Waals surface area contributed by atoms with Crippen molar-refractivity contribution in [3.05, 3.63) is 47.2 Å². The molecule has 2 amide bonds. The Morgan fingerprint density at radius 3 is 2.43 bits per heavy atom. The fraction of sp³-hybridized carbons (Fsp3) is 0.200. The van der Waals surface area contributed by atoms with E-state index in [4.69, 9.17) is 14.1 Å². The predicted octanol–water partition coefficient (Wildman–Crippen LogP) is 1.37. The summed E-state index contributed by atoms with van der Waals surface area (Å²) in [6, 6.07) is 7.81. The highest BCUT2D eigenvalue weighted by Gasteiger charge is 2.38. The number of methoxy groups -OCH3 is 1. The lowest BCUT2D eigenvalue weighted by molar-refractivity contribution is -0.168. The molecule has 8 nitrogen and oxygen atoms in total. The molecule has 1 aliphatic rings. The summed E-state index contributed by atoms with van der Waals surface area (Å²) in [5.74, 6) is -1.30. The third-order valence-electron chi connectivity index (χ3n) is 3.27. The summed E-state index contributed by atoms with van der Waals surface area (Å²) in [7, 11) is 1.44. The van der Waals surface area contributed by atoms with Gasteiger partial charge >= 0.3 is 5.97 Å². The van der Waals surface area contributed by atoms with E-state index in [1.54, 1.807) is 12.1 Å². The number of hydrogen-bond donors (Lipinski definition) is 0. The number of imide groups is 1. The maximum Gasteiger partial charge on any atom is 0.333 e. The van der Waals surface area contributed by atoms with Crippen LogP contribution in [0.4, 0.5) is 0 Å². The van der Waals surface area contributed by atoms with Crippen LogP contribution in [0.5, 0.6) is 5.88 Å². The van der Waals surface area contributed by atoms with Gasteiger partial charge in [-0.05, 0) is 17.3 Å². The molecule has 2 aromatic rings. The zero-order chi connectivity index (χ0) is 16.4. The van der Waals surface area contributed by atoms with Crippen molar-refractivity contribution in [2.75, 3.05) is 7.11 Å². The van der Waals surface area contributed by atoms with E-state index in [-0.39, 0.29) is 24.0 Å². The van der Waals surface area contributed by atoms with Gasteiger partial charge in [-0.25, -0.2) is 4.79 Å². The monoisotopic (exact) mass is 316 g/mol. The lowest BCUT2D eigenvalue weighted by atomic mass is 10.1. The maximum atomic E-state index is 12.0. The van der Waals surface area contributed by atoms with Gasteiger partial charge in [0.1, 0.15) is 5.76 Å². The van der Waals surface area contributed by atoms with Gasteiger partial charge in [-0.1, -0.05) is 17.2 Å². The molecule has 1 aromatic carbocycles. The normalized spacial score (nSPS) is 13.2. The number of amides is 2. The van der Waals surface area contributed by atoms with Gasteiger partial charge in [0.25, 0.3) is 17.7 Å². The summed E-state index contributed by atoms with van der Waals surface area (Å²) < 4.78 is 9.79. The highest BCUT2D eigenvalue weighted by molar-refractivity contribution is 6.20. The Balaban J connectivity index is 1.60. The van der Waals surface area contributed by atoms with E-state index in [0.29, 0.717) is 16.7 Å². The van der Waals surface area contributed by atoms with Gasteiger partial charge in [0.15, 0.2) is 0 Å². The molecule has 0 spiro atoms.